The summed E-state index contributed by atoms with van der Waals surface area (Å²) in [6.45, 7) is 2.70. The van der Waals surface area contributed by atoms with Gasteiger partial charge < -0.3 is 24.8 Å². The fraction of sp³-hybridized carbons (Fsp3) is 0.250. The van der Waals surface area contributed by atoms with Crippen molar-refractivity contribution in [1.29, 1.82) is 0 Å². The number of pyridine rings is 1. The largest absolute Gasteiger partial charge is 0.573 e. The molecule has 0 saturated carbocycles. The Bertz CT molecular complexity index is 1110. The van der Waals surface area contributed by atoms with E-state index >= 15 is 0 Å². The van der Waals surface area contributed by atoms with Crippen molar-refractivity contribution in [2.45, 2.75) is 19.0 Å². The summed E-state index contributed by atoms with van der Waals surface area (Å²) in [5.74, 6) is -0.856. The van der Waals surface area contributed by atoms with Crippen molar-refractivity contribution in [2.24, 2.45) is 7.05 Å². The Labute approximate surface area is 174 Å². The van der Waals surface area contributed by atoms with E-state index in [1.54, 1.807) is 11.6 Å². The summed E-state index contributed by atoms with van der Waals surface area (Å²) in [6.07, 6.45) is -3.55. The van der Waals surface area contributed by atoms with Gasteiger partial charge in [-0.1, -0.05) is 6.58 Å². The monoisotopic (exact) mass is 436 g/mol. The number of nitrogens with zero attached hydrogens (tertiary/aromatic N) is 3. The van der Waals surface area contributed by atoms with E-state index in [2.05, 4.69) is 26.6 Å². The first-order valence-corrected chi connectivity index (χ1v) is 9.03. The molecule has 0 unspecified atom stereocenters. The van der Waals surface area contributed by atoms with Crippen molar-refractivity contribution >= 4 is 16.9 Å². The quantitative estimate of drug-likeness (QED) is 0.491. The highest BCUT2D eigenvalue weighted by atomic mass is 19.4. The van der Waals surface area contributed by atoms with Gasteiger partial charge in [-0.15, -0.1) is 13.2 Å². The van der Waals surface area contributed by atoms with Crippen LogP contribution in [0.3, 0.4) is 0 Å². The lowest BCUT2D eigenvalue weighted by atomic mass is 10.0. The van der Waals surface area contributed by atoms with Crippen LogP contribution in [0.1, 0.15) is 17.4 Å². The summed E-state index contributed by atoms with van der Waals surface area (Å²) in [7, 11) is 1.68. The fourth-order valence-electron chi connectivity index (χ4n) is 3.14. The summed E-state index contributed by atoms with van der Waals surface area (Å²) in [5.41, 5.74) is 2.14. The maximum absolute atomic E-state index is 12.4. The van der Waals surface area contributed by atoms with Crippen LogP contribution in [0.5, 0.6) is 5.75 Å². The Morgan fingerprint density at radius 2 is 2.03 bits per heavy atom. The van der Waals surface area contributed by atoms with E-state index < -0.39 is 25.0 Å². The minimum Gasteiger partial charge on any atom is -0.406 e. The van der Waals surface area contributed by atoms with Gasteiger partial charge in [0.15, 0.2) is 0 Å². The van der Waals surface area contributed by atoms with Gasteiger partial charge in [0.05, 0.1) is 36.4 Å². The molecule has 0 bridgehead atoms. The van der Waals surface area contributed by atoms with E-state index in [4.69, 9.17) is 0 Å². The van der Waals surface area contributed by atoms with Crippen molar-refractivity contribution < 1.29 is 32.9 Å². The first-order valence-electron chi connectivity index (χ1n) is 9.03. The lowest BCUT2D eigenvalue weighted by molar-refractivity contribution is -0.274. The zero-order valence-electron chi connectivity index (χ0n) is 16.3. The van der Waals surface area contributed by atoms with Gasteiger partial charge >= 0.3 is 6.36 Å². The van der Waals surface area contributed by atoms with Crippen molar-refractivity contribution in [3.8, 4) is 17.0 Å². The number of imidazole rings is 1. The molecule has 0 aliphatic heterocycles. The number of carbonyl (C=O) groups is 1. The van der Waals surface area contributed by atoms with Gasteiger partial charge in [-0.2, -0.15) is 0 Å². The lowest BCUT2D eigenvalue weighted by Crippen LogP contribution is -2.23. The van der Waals surface area contributed by atoms with Crippen LogP contribution in [0.4, 0.5) is 13.2 Å². The van der Waals surface area contributed by atoms with Gasteiger partial charge in [0, 0.05) is 18.2 Å². The number of aliphatic hydroxyl groups excluding tert-OH is 2. The highest BCUT2D eigenvalue weighted by Gasteiger charge is 2.31. The number of halogens is 3. The Kier molecular flexibility index (Phi) is 6.27. The molecule has 2 heterocycles. The smallest absolute Gasteiger partial charge is 0.406 e. The molecule has 0 radical (unpaired) electrons. The third kappa shape index (κ3) is 4.84. The van der Waals surface area contributed by atoms with Gasteiger partial charge in [0.25, 0.3) is 0 Å². The number of fused-ring (bicyclic) bond motifs is 1. The summed E-state index contributed by atoms with van der Waals surface area (Å²) >= 11 is 0. The van der Waals surface area contributed by atoms with Crippen LogP contribution in [0.2, 0.25) is 0 Å². The number of ether oxygens (including phenoxy) is 1. The second-order valence-electron chi connectivity index (χ2n) is 6.57. The standard InChI is InChI=1S/C20H19F3N4O4/c1-3-15(30)24-8-13-16(14(29)9-28)19-18(25-10-27(19)2)17(26-13)11-4-6-12(7-5-11)31-20(21,22)23/h3-7,10,14,28-29H,1,8-9H2,2H3,(H,24,30)/t14-/m0/s1. The molecular formula is C20H19F3N4O4. The molecule has 0 aliphatic carbocycles. The van der Waals surface area contributed by atoms with Crippen LogP contribution in [0.25, 0.3) is 22.3 Å². The topological polar surface area (TPSA) is 110 Å². The molecule has 1 aromatic carbocycles. The molecule has 3 rings (SSSR count). The maximum atomic E-state index is 12.4. The molecular weight excluding hydrogens is 417 g/mol. The first-order chi connectivity index (χ1) is 14.6. The van der Waals surface area contributed by atoms with E-state index in [9.17, 15) is 28.2 Å². The SMILES string of the molecule is C=CC(=O)NCc1nc(-c2ccc(OC(F)(F)F)cc2)c2ncn(C)c2c1[C@@H](O)CO. The molecule has 3 N–H and O–H groups in total. The predicted octanol–water partition coefficient (Wildman–Crippen LogP) is 2.36. The molecule has 1 atom stereocenters. The maximum Gasteiger partial charge on any atom is 0.573 e. The molecule has 31 heavy (non-hydrogen) atoms. The Hall–Kier alpha value is -3.44. The number of aryl methyl sites for hydroxylation is 1. The molecule has 0 fully saturated rings. The van der Waals surface area contributed by atoms with Crippen molar-refractivity contribution in [2.75, 3.05) is 6.61 Å². The highest BCUT2D eigenvalue weighted by Crippen LogP contribution is 2.34. The number of rotatable bonds is 7. The van der Waals surface area contributed by atoms with Gasteiger partial charge in [0.2, 0.25) is 5.91 Å². The number of aromatic nitrogens is 3. The van der Waals surface area contributed by atoms with Crippen molar-refractivity contribution in [1.82, 2.24) is 19.9 Å². The van der Waals surface area contributed by atoms with Crippen molar-refractivity contribution in [3.05, 3.63) is 54.5 Å². The molecule has 8 nitrogen and oxygen atoms in total. The summed E-state index contributed by atoms with van der Waals surface area (Å²) in [6, 6.07) is 5.08. The van der Waals surface area contributed by atoms with E-state index in [1.807, 2.05) is 0 Å². The molecule has 0 aliphatic rings. The van der Waals surface area contributed by atoms with Crippen LogP contribution in [-0.4, -0.2) is 43.6 Å². The number of hydrogen-bond acceptors (Lipinski definition) is 6. The summed E-state index contributed by atoms with van der Waals surface area (Å²) in [5, 5.41) is 22.5. The first kappa shape index (κ1) is 22.2. The van der Waals surface area contributed by atoms with Crippen LogP contribution < -0.4 is 10.1 Å². The number of alkyl halides is 3. The van der Waals surface area contributed by atoms with Crippen molar-refractivity contribution in [3.63, 3.8) is 0 Å². The molecule has 3 aromatic rings. The van der Waals surface area contributed by atoms with Crippen LogP contribution >= 0.6 is 0 Å². The summed E-state index contributed by atoms with van der Waals surface area (Å²) < 4.78 is 42.8. The highest BCUT2D eigenvalue weighted by molar-refractivity contribution is 5.93. The van der Waals surface area contributed by atoms with Crippen LogP contribution in [0.15, 0.2) is 43.2 Å². The third-order valence-corrected chi connectivity index (χ3v) is 4.46. The van der Waals surface area contributed by atoms with E-state index in [1.165, 1.54) is 18.5 Å². The molecule has 0 saturated heterocycles. The Morgan fingerprint density at radius 1 is 1.35 bits per heavy atom. The van der Waals surface area contributed by atoms with Gasteiger partial charge in [-0.25, -0.2) is 9.97 Å². The number of aliphatic hydroxyl groups is 2. The predicted molar refractivity (Wildman–Crippen MR) is 105 cm³/mol. The van der Waals surface area contributed by atoms with E-state index in [-0.39, 0.29) is 23.6 Å². The normalized spacial score (nSPS) is 12.6. The van der Waals surface area contributed by atoms with Crippen LogP contribution in [0, 0.1) is 0 Å². The molecule has 0 spiro atoms. The number of nitrogens with one attached hydrogen (secondary N) is 1. The molecule has 164 valence electrons. The Balaban J connectivity index is 2.15. The van der Waals surface area contributed by atoms with Crippen LogP contribution in [-0.2, 0) is 18.4 Å². The van der Waals surface area contributed by atoms with E-state index in [0.29, 0.717) is 22.3 Å². The number of hydrogen-bond donors (Lipinski definition) is 3. The Morgan fingerprint density at radius 3 is 2.61 bits per heavy atom. The molecule has 2 aromatic heterocycles. The second-order valence-corrected chi connectivity index (χ2v) is 6.57. The number of carbonyl (C=O) groups excluding carboxylic acids is 1. The van der Waals surface area contributed by atoms with Gasteiger partial charge in [-0.3, -0.25) is 4.79 Å². The zero-order chi connectivity index (χ0) is 22.8. The second kappa shape index (κ2) is 8.74. The fourth-order valence-corrected chi connectivity index (χ4v) is 3.14. The molecule has 11 heteroatoms. The average molecular weight is 436 g/mol. The minimum atomic E-state index is -4.81. The number of amides is 1. The minimum absolute atomic E-state index is 0.0827. The van der Waals surface area contributed by atoms with Gasteiger partial charge in [-0.05, 0) is 30.3 Å². The average Bonchev–Trinajstić information content (AvgIpc) is 3.11. The summed E-state index contributed by atoms with van der Waals surface area (Å²) in [4.78, 5) is 20.4. The lowest BCUT2D eigenvalue weighted by Gasteiger charge is -2.18. The van der Waals surface area contributed by atoms with Gasteiger partial charge in [0.1, 0.15) is 17.4 Å². The molecule has 1 amide bonds. The number of benzene rings is 1. The third-order valence-electron chi connectivity index (χ3n) is 4.46. The zero-order valence-corrected chi connectivity index (χ0v) is 16.3. The van der Waals surface area contributed by atoms with E-state index in [0.717, 1.165) is 18.2 Å².